The van der Waals surface area contributed by atoms with Crippen molar-refractivity contribution >= 4 is 0 Å². The zero-order valence-electron chi connectivity index (χ0n) is 7.92. The van der Waals surface area contributed by atoms with E-state index in [1.807, 2.05) is 31.2 Å². The molecular weight excluding hydrogens is 175 g/mol. The third-order valence-electron chi connectivity index (χ3n) is 2.25. The number of halogens is 1. The monoisotopic (exact) mass is 185 g/mol. The zero-order valence-corrected chi connectivity index (χ0v) is 7.92. The van der Waals surface area contributed by atoms with Crippen molar-refractivity contribution in [1.29, 1.82) is 0 Å². The second kappa shape index (κ2) is 3.62. The fourth-order valence-corrected chi connectivity index (χ4v) is 1.50. The van der Waals surface area contributed by atoms with Crippen LogP contribution in [0.4, 0.5) is 4.39 Å². The van der Waals surface area contributed by atoms with Crippen LogP contribution < -0.4 is 0 Å². The van der Waals surface area contributed by atoms with Crippen LogP contribution in [0.2, 0.25) is 0 Å². The molecule has 2 rings (SSSR count). The Morgan fingerprint density at radius 2 is 1.86 bits per heavy atom. The highest BCUT2D eigenvalue weighted by Crippen LogP contribution is 2.24. The van der Waals surface area contributed by atoms with Crippen LogP contribution in [0.5, 0.6) is 0 Å². The highest BCUT2D eigenvalue weighted by Gasteiger charge is 2.05. The molecular formula is C13H10F. The van der Waals surface area contributed by atoms with Crippen LogP contribution in [0.3, 0.4) is 0 Å². The minimum Gasteiger partial charge on any atom is -0.206 e. The van der Waals surface area contributed by atoms with Gasteiger partial charge in [0.25, 0.3) is 0 Å². The number of hydrogen-bond donors (Lipinski definition) is 0. The van der Waals surface area contributed by atoms with E-state index in [1.54, 1.807) is 12.1 Å². The van der Waals surface area contributed by atoms with Crippen molar-refractivity contribution in [1.82, 2.24) is 0 Å². The molecule has 0 saturated heterocycles. The van der Waals surface area contributed by atoms with E-state index in [2.05, 4.69) is 6.07 Å². The molecule has 0 saturated carbocycles. The first-order valence-corrected chi connectivity index (χ1v) is 4.50. The van der Waals surface area contributed by atoms with E-state index in [1.165, 1.54) is 6.07 Å². The Hall–Kier alpha value is -1.63. The van der Waals surface area contributed by atoms with Crippen molar-refractivity contribution in [3.05, 3.63) is 59.9 Å². The lowest BCUT2D eigenvalue weighted by Crippen LogP contribution is -1.86. The Morgan fingerprint density at radius 3 is 2.57 bits per heavy atom. The van der Waals surface area contributed by atoms with Crippen molar-refractivity contribution in [2.75, 3.05) is 0 Å². The fourth-order valence-electron chi connectivity index (χ4n) is 1.50. The molecule has 14 heavy (non-hydrogen) atoms. The number of hydrogen-bond acceptors (Lipinski definition) is 0. The SMILES string of the molecule is Cc1ccccc1-c1cc[c]cc1F. The summed E-state index contributed by atoms with van der Waals surface area (Å²) in [5.74, 6) is -0.221. The Kier molecular flexibility index (Phi) is 2.32. The molecule has 0 N–H and O–H groups in total. The largest absolute Gasteiger partial charge is 0.206 e. The van der Waals surface area contributed by atoms with Crippen LogP contribution in [0, 0.1) is 18.8 Å². The van der Waals surface area contributed by atoms with E-state index >= 15 is 0 Å². The molecule has 2 aromatic carbocycles. The number of aryl methyl sites for hydroxylation is 1. The summed E-state index contributed by atoms with van der Waals surface area (Å²) in [5.41, 5.74) is 2.67. The topological polar surface area (TPSA) is 0 Å². The van der Waals surface area contributed by atoms with E-state index in [4.69, 9.17) is 0 Å². The molecule has 0 unspecified atom stereocenters. The molecule has 1 heteroatoms. The van der Waals surface area contributed by atoms with Gasteiger partial charge in [-0.15, -0.1) is 0 Å². The highest BCUT2D eigenvalue weighted by molar-refractivity contribution is 5.67. The number of rotatable bonds is 1. The van der Waals surface area contributed by atoms with Crippen molar-refractivity contribution in [2.45, 2.75) is 6.92 Å². The summed E-state index contributed by atoms with van der Waals surface area (Å²) in [6.07, 6.45) is 0. The van der Waals surface area contributed by atoms with Gasteiger partial charge >= 0.3 is 0 Å². The Labute approximate surface area is 83.0 Å². The molecule has 0 amide bonds. The first kappa shape index (κ1) is 8.95. The minimum atomic E-state index is -0.221. The van der Waals surface area contributed by atoms with Gasteiger partial charge in [0.1, 0.15) is 5.82 Å². The van der Waals surface area contributed by atoms with Gasteiger partial charge in [-0.1, -0.05) is 36.4 Å². The summed E-state index contributed by atoms with van der Waals surface area (Å²) in [6.45, 7) is 1.98. The standard InChI is InChI=1S/C13H10F/c1-10-6-2-3-7-11(10)12-8-4-5-9-13(12)14/h2-4,6-9H,1H3. The molecule has 0 spiro atoms. The quantitative estimate of drug-likeness (QED) is 0.636. The second-order valence-corrected chi connectivity index (χ2v) is 3.22. The summed E-state index contributed by atoms with van der Waals surface area (Å²) >= 11 is 0. The molecule has 0 nitrogen and oxygen atoms in total. The Morgan fingerprint density at radius 1 is 1.07 bits per heavy atom. The summed E-state index contributed by atoms with van der Waals surface area (Å²) in [5, 5.41) is 0. The van der Waals surface area contributed by atoms with Gasteiger partial charge in [-0.05, 0) is 30.2 Å². The van der Waals surface area contributed by atoms with Crippen molar-refractivity contribution in [3.8, 4) is 11.1 Å². The van der Waals surface area contributed by atoms with Crippen LogP contribution in [-0.2, 0) is 0 Å². The van der Waals surface area contributed by atoms with Crippen LogP contribution in [-0.4, -0.2) is 0 Å². The Balaban J connectivity index is 2.61. The van der Waals surface area contributed by atoms with Gasteiger partial charge in [-0.3, -0.25) is 0 Å². The van der Waals surface area contributed by atoms with Crippen molar-refractivity contribution in [3.63, 3.8) is 0 Å². The van der Waals surface area contributed by atoms with Gasteiger partial charge in [0, 0.05) is 5.56 Å². The average molecular weight is 185 g/mol. The molecule has 0 fully saturated rings. The van der Waals surface area contributed by atoms with Crippen molar-refractivity contribution in [2.24, 2.45) is 0 Å². The molecule has 0 aromatic heterocycles. The maximum atomic E-state index is 13.4. The summed E-state index contributed by atoms with van der Waals surface area (Å²) < 4.78 is 13.4. The summed E-state index contributed by atoms with van der Waals surface area (Å²) in [6, 6.07) is 15.3. The molecule has 0 atom stereocenters. The second-order valence-electron chi connectivity index (χ2n) is 3.22. The average Bonchev–Trinajstić information content (AvgIpc) is 2.20. The third kappa shape index (κ3) is 1.53. The Bertz CT molecular complexity index is 403. The van der Waals surface area contributed by atoms with Crippen LogP contribution in [0.15, 0.2) is 42.5 Å². The number of benzene rings is 2. The molecule has 2 aromatic rings. The summed E-state index contributed by atoms with van der Waals surface area (Å²) in [4.78, 5) is 0. The van der Waals surface area contributed by atoms with Crippen molar-refractivity contribution < 1.29 is 4.39 Å². The van der Waals surface area contributed by atoms with Crippen LogP contribution >= 0.6 is 0 Å². The van der Waals surface area contributed by atoms with Gasteiger partial charge in [-0.2, -0.15) is 0 Å². The first-order valence-electron chi connectivity index (χ1n) is 4.50. The predicted octanol–water partition coefficient (Wildman–Crippen LogP) is 3.60. The van der Waals surface area contributed by atoms with Crippen LogP contribution in [0.1, 0.15) is 5.56 Å². The zero-order chi connectivity index (χ0) is 9.97. The van der Waals surface area contributed by atoms with E-state index < -0.39 is 0 Å². The first-order chi connectivity index (χ1) is 6.79. The lowest BCUT2D eigenvalue weighted by Gasteiger charge is -2.05. The summed E-state index contributed by atoms with van der Waals surface area (Å²) in [7, 11) is 0. The van der Waals surface area contributed by atoms with Gasteiger partial charge in [-0.25, -0.2) is 4.39 Å². The molecule has 0 aliphatic rings. The molecule has 69 valence electrons. The van der Waals surface area contributed by atoms with Gasteiger partial charge in [0.05, 0.1) is 0 Å². The van der Waals surface area contributed by atoms with Gasteiger partial charge < -0.3 is 0 Å². The molecule has 1 radical (unpaired) electrons. The third-order valence-corrected chi connectivity index (χ3v) is 2.25. The van der Waals surface area contributed by atoms with E-state index in [-0.39, 0.29) is 5.82 Å². The molecule has 0 aliphatic carbocycles. The lowest BCUT2D eigenvalue weighted by molar-refractivity contribution is 0.631. The maximum absolute atomic E-state index is 13.4. The van der Waals surface area contributed by atoms with Gasteiger partial charge in [0.2, 0.25) is 0 Å². The smallest absolute Gasteiger partial charge is 0.131 e. The molecule has 0 heterocycles. The highest BCUT2D eigenvalue weighted by atomic mass is 19.1. The molecule has 0 bridgehead atoms. The predicted molar refractivity (Wildman–Crippen MR) is 55.4 cm³/mol. The maximum Gasteiger partial charge on any atom is 0.131 e. The molecule has 0 aliphatic heterocycles. The van der Waals surface area contributed by atoms with E-state index in [9.17, 15) is 4.39 Å². The van der Waals surface area contributed by atoms with Crippen LogP contribution in [0.25, 0.3) is 11.1 Å². The lowest BCUT2D eigenvalue weighted by atomic mass is 10.0. The minimum absolute atomic E-state index is 0.221. The van der Waals surface area contributed by atoms with Gasteiger partial charge in [0.15, 0.2) is 0 Å². The normalized spacial score (nSPS) is 10.1. The van der Waals surface area contributed by atoms with E-state index in [0.717, 1.165) is 11.1 Å². The van der Waals surface area contributed by atoms with E-state index in [0.29, 0.717) is 5.56 Å². The fraction of sp³-hybridized carbons (Fsp3) is 0.0769.